The number of aliphatic carboxylic acids is 1. The second-order valence-electron chi connectivity index (χ2n) is 6.33. The first-order chi connectivity index (χ1) is 14.8. The molecule has 6 N–H and O–H groups in total. The van der Waals surface area contributed by atoms with E-state index in [0.717, 1.165) is 4.90 Å². The zero-order valence-corrected chi connectivity index (χ0v) is 16.8. The van der Waals surface area contributed by atoms with Crippen LogP contribution in [0.4, 0.5) is 4.39 Å². The first-order valence-corrected chi connectivity index (χ1v) is 9.41. The number of carboxylic acid groups (broad SMARTS) is 1. The summed E-state index contributed by atoms with van der Waals surface area (Å²) in [5.41, 5.74) is 0.583. The van der Waals surface area contributed by atoms with Crippen LogP contribution < -0.4 is 15.3 Å². The van der Waals surface area contributed by atoms with Crippen molar-refractivity contribution in [2.45, 2.75) is 0 Å². The van der Waals surface area contributed by atoms with Crippen LogP contribution in [-0.2, 0) is 4.79 Å². The number of amides is 1. The van der Waals surface area contributed by atoms with Crippen molar-refractivity contribution in [3.05, 3.63) is 48.0 Å². The molecule has 2 aromatic rings. The summed E-state index contributed by atoms with van der Waals surface area (Å²) in [6.07, 6.45) is 1.28. The summed E-state index contributed by atoms with van der Waals surface area (Å²) < 4.78 is 13.1. The molecule has 11 heteroatoms. The van der Waals surface area contributed by atoms with Crippen molar-refractivity contribution in [3.63, 3.8) is 0 Å². The SMILES string of the molecule is O=C([O-])CNC(=O)c1ncc(-c2cccc(F)c2)cc1O.OCC[NH+](CCO)CCO. The van der Waals surface area contributed by atoms with E-state index in [1.54, 1.807) is 6.07 Å². The monoisotopic (exact) mass is 439 g/mol. The Labute approximate surface area is 178 Å². The average molecular weight is 439 g/mol. The Hall–Kier alpha value is -3.12. The molecular weight excluding hydrogens is 413 g/mol. The average Bonchev–Trinajstić information content (AvgIpc) is 2.73. The summed E-state index contributed by atoms with van der Waals surface area (Å²) in [7, 11) is 0. The Bertz CT molecular complexity index is 837. The Morgan fingerprint density at radius 2 is 1.65 bits per heavy atom. The summed E-state index contributed by atoms with van der Waals surface area (Å²) in [6.45, 7) is 1.43. The second kappa shape index (κ2) is 14.0. The maximum Gasteiger partial charge on any atom is 0.274 e. The van der Waals surface area contributed by atoms with E-state index in [-0.39, 0.29) is 25.5 Å². The molecule has 0 fully saturated rings. The molecule has 170 valence electrons. The van der Waals surface area contributed by atoms with Gasteiger partial charge in [0.1, 0.15) is 31.2 Å². The minimum absolute atomic E-state index is 0.106. The van der Waals surface area contributed by atoms with Crippen LogP contribution in [0.25, 0.3) is 11.1 Å². The molecule has 0 spiro atoms. The number of benzene rings is 1. The highest BCUT2D eigenvalue weighted by Crippen LogP contribution is 2.25. The van der Waals surface area contributed by atoms with E-state index < -0.39 is 30.0 Å². The zero-order valence-electron chi connectivity index (χ0n) is 16.8. The number of aromatic nitrogens is 1. The Kier molecular flexibility index (Phi) is 11.7. The van der Waals surface area contributed by atoms with Gasteiger partial charge in [0.05, 0.1) is 32.3 Å². The third kappa shape index (κ3) is 9.49. The molecule has 0 saturated heterocycles. The van der Waals surface area contributed by atoms with Gasteiger partial charge in [-0.2, -0.15) is 0 Å². The summed E-state index contributed by atoms with van der Waals surface area (Å²) >= 11 is 0. The highest BCUT2D eigenvalue weighted by atomic mass is 19.1. The second-order valence-corrected chi connectivity index (χ2v) is 6.33. The molecule has 0 aliphatic carbocycles. The lowest BCUT2D eigenvalue weighted by Crippen LogP contribution is -3.13. The van der Waals surface area contributed by atoms with Gasteiger partial charge in [0.2, 0.25) is 0 Å². The quantitative estimate of drug-likeness (QED) is 0.227. The molecule has 31 heavy (non-hydrogen) atoms. The van der Waals surface area contributed by atoms with E-state index in [0.29, 0.717) is 30.8 Å². The normalized spacial score (nSPS) is 10.4. The van der Waals surface area contributed by atoms with Crippen molar-refractivity contribution >= 4 is 11.9 Å². The van der Waals surface area contributed by atoms with Crippen molar-refractivity contribution in [1.82, 2.24) is 10.3 Å². The topological polar surface area (TPSA) is 167 Å². The summed E-state index contributed by atoms with van der Waals surface area (Å²) in [6, 6.07) is 6.90. The number of pyridine rings is 1. The van der Waals surface area contributed by atoms with Gasteiger partial charge in [-0.25, -0.2) is 9.37 Å². The fourth-order valence-corrected chi connectivity index (χ4v) is 2.54. The van der Waals surface area contributed by atoms with E-state index in [1.165, 1.54) is 30.5 Å². The van der Waals surface area contributed by atoms with Crippen molar-refractivity contribution < 1.29 is 44.4 Å². The molecule has 0 atom stereocenters. The van der Waals surface area contributed by atoms with Gasteiger partial charge in [0.25, 0.3) is 5.91 Å². The van der Waals surface area contributed by atoms with Crippen molar-refractivity contribution in [2.75, 3.05) is 46.0 Å². The van der Waals surface area contributed by atoms with Gasteiger partial charge in [0, 0.05) is 11.8 Å². The first kappa shape index (κ1) is 25.9. The van der Waals surface area contributed by atoms with Gasteiger partial charge < -0.3 is 40.5 Å². The molecule has 0 saturated carbocycles. The number of aliphatic hydroxyl groups is 3. The number of hydrogen-bond acceptors (Lipinski definition) is 8. The van der Waals surface area contributed by atoms with Gasteiger partial charge in [0.15, 0.2) is 5.69 Å². The lowest BCUT2D eigenvalue weighted by atomic mass is 10.1. The molecule has 0 unspecified atom stereocenters. The largest absolute Gasteiger partial charge is 0.548 e. The predicted octanol–water partition coefficient (Wildman–Crippen LogP) is -3.08. The zero-order chi connectivity index (χ0) is 23.2. The van der Waals surface area contributed by atoms with Gasteiger partial charge in [-0.15, -0.1) is 0 Å². The van der Waals surface area contributed by atoms with Crippen LogP contribution in [0.15, 0.2) is 36.5 Å². The number of nitrogens with zero attached hydrogens (tertiary/aromatic N) is 1. The number of carboxylic acids is 1. The molecule has 0 bridgehead atoms. The van der Waals surface area contributed by atoms with Crippen LogP contribution in [0.3, 0.4) is 0 Å². The van der Waals surface area contributed by atoms with Gasteiger partial charge >= 0.3 is 0 Å². The van der Waals surface area contributed by atoms with E-state index in [1.807, 2.05) is 5.32 Å². The smallest absolute Gasteiger partial charge is 0.274 e. The molecule has 1 heterocycles. The number of hydrogen-bond donors (Lipinski definition) is 6. The number of rotatable bonds is 10. The van der Waals surface area contributed by atoms with Crippen molar-refractivity contribution in [3.8, 4) is 16.9 Å². The van der Waals surface area contributed by atoms with Crippen LogP contribution >= 0.6 is 0 Å². The molecule has 2 rings (SSSR count). The predicted molar refractivity (Wildman–Crippen MR) is 105 cm³/mol. The third-order valence-corrected chi connectivity index (χ3v) is 4.03. The minimum atomic E-state index is -1.46. The van der Waals surface area contributed by atoms with E-state index in [9.17, 15) is 24.2 Å². The molecule has 1 aromatic carbocycles. The van der Waals surface area contributed by atoms with Crippen LogP contribution in [0.2, 0.25) is 0 Å². The fraction of sp³-hybridized carbons (Fsp3) is 0.350. The number of nitrogens with one attached hydrogen (secondary N) is 2. The fourth-order valence-electron chi connectivity index (χ4n) is 2.54. The number of halogens is 1. The Morgan fingerprint density at radius 1 is 1.03 bits per heavy atom. The molecule has 0 aliphatic rings. The van der Waals surface area contributed by atoms with E-state index in [4.69, 9.17) is 15.3 Å². The number of quaternary nitrogens is 1. The number of aliphatic hydroxyl groups excluding tert-OH is 3. The van der Waals surface area contributed by atoms with E-state index in [2.05, 4.69) is 4.98 Å². The molecule has 10 nitrogen and oxygen atoms in total. The summed E-state index contributed by atoms with van der Waals surface area (Å²) in [4.78, 5) is 26.6. The molecule has 1 amide bonds. The maximum atomic E-state index is 13.1. The van der Waals surface area contributed by atoms with Gasteiger partial charge in [-0.3, -0.25) is 4.79 Å². The van der Waals surface area contributed by atoms with Crippen LogP contribution in [0.5, 0.6) is 5.75 Å². The lowest BCUT2D eigenvalue weighted by molar-refractivity contribution is -0.901. The third-order valence-electron chi connectivity index (χ3n) is 4.03. The van der Waals surface area contributed by atoms with Crippen LogP contribution in [0.1, 0.15) is 10.5 Å². The first-order valence-electron chi connectivity index (χ1n) is 9.41. The standard InChI is InChI=1S/C14H11FN2O4.C6H15NO3/c15-10-3-1-2-8(4-10)9-5-11(18)13(16-6-9)14(21)17-7-12(19)20;8-4-1-7(2-5-9)3-6-10/h1-6,18H,7H2,(H,17,21)(H,19,20);8-10H,1-6H2. The molecule has 0 radical (unpaired) electrons. The summed E-state index contributed by atoms with van der Waals surface area (Å²) in [5.74, 6) is -3.18. The highest BCUT2D eigenvalue weighted by molar-refractivity contribution is 5.96. The molecule has 0 aliphatic heterocycles. The van der Waals surface area contributed by atoms with E-state index >= 15 is 0 Å². The number of carbonyl (C=O) groups excluding carboxylic acids is 2. The van der Waals surface area contributed by atoms with Crippen molar-refractivity contribution in [2.24, 2.45) is 0 Å². The van der Waals surface area contributed by atoms with Crippen molar-refractivity contribution in [1.29, 1.82) is 0 Å². The molecular formula is C20H26FN3O7. The van der Waals surface area contributed by atoms with Crippen LogP contribution in [-0.4, -0.2) is 83.3 Å². The minimum Gasteiger partial charge on any atom is -0.548 e. The summed E-state index contributed by atoms with van der Waals surface area (Å²) in [5, 5.41) is 47.6. The number of carbonyl (C=O) groups is 2. The van der Waals surface area contributed by atoms with Gasteiger partial charge in [-0.05, 0) is 23.8 Å². The lowest BCUT2D eigenvalue weighted by Gasteiger charge is -2.15. The highest BCUT2D eigenvalue weighted by Gasteiger charge is 2.14. The maximum absolute atomic E-state index is 13.1. The molecule has 1 aromatic heterocycles. The number of aromatic hydroxyl groups is 1. The Morgan fingerprint density at radius 3 is 2.13 bits per heavy atom. The Balaban J connectivity index is 0.000000407. The van der Waals surface area contributed by atoms with Crippen LogP contribution in [0, 0.1) is 5.82 Å². The van der Waals surface area contributed by atoms with Gasteiger partial charge in [-0.1, -0.05) is 12.1 Å².